The van der Waals surface area contributed by atoms with Crippen molar-refractivity contribution < 1.29 is 42.9 Å². The Labute approximate surface area is 246 Å². The lowest BCUT2D eigenvalue weighted by atomic mass is 10.0. The highest BCUT2D eigenvalue weighted by Gasteiger charge is 2.19. The zero-order chi connectivity index (χ0) is 30.7. The number of esters is 2. The lowest BCUT2D eigenvalue weighted by Gasteiger charge is -2.21. The Hall–Kier alpha value is -3.65. The lowest BCUT2D eigenvalue weighted by Crippen LogP contribution is -2.11. The third kappa shape index (κ3) is 10.0. The van der Waals surface area contributed by atoms with Crippen molar-refractivity contribution in [2.24, 2.45) is 10.2 Å². The molecule has 0 heterocycles. The molecule has 42 heavy (non-hydrogen) atoms. The third-order valence-electron chi connectivity index (χ3n) is 6.32. The molecule has 0 radical (unpaired) electrons. The Morgan fingerprint density at radius 2 is 1.50 bits per heavy atom. The van der Waals surface area contributed by atoms with E-state index in [0.717, 1.165) is 37.7 Å². The summed E-state index contributed by atoms with van der Waals surface area (Å²) >= 11 is 0. The van der Waals surface area contributed by atoms with Crippen LogP contribution in [0, 0.1) is 6.92 Å². The number of carbonyl (C=O) groups excluding carboxylic acids is 2. The fraction of sp³-hybridized carbons (Fsp3) is 0.333. The average Bonchev–Trinajstić information content (AvgIpc) is 2.96. The minimum Gasteiger partial charge on any atom is -0.466 e. The van der Waals surface area contributed by atoms with Crippen LogP contribution in [-0.2, 0) is 16.0 Å². The van der Waals surface area contributed by atoms with Crippen molar-refractivity contribution >= 4 is 34.2 Å². The summed E-state index contributed by atoms with van der Waals surface area (Å²) in [6.45, 7) is 3.82. The first-order chi connectivity index (χ1) is 20.0. The SMILES string of the molecule is CCC(=O)OCCCCCCc1ccc(C(=O)Oc2ccc(N=Nc3ccc(C)c(S(O)(O)O)c3)cc2C(O)O)cc1. The monoisotopic (exact) mass is 600 g/mol. The van der Waals surface area contributed by atoms with Crippen molar-refractivity contribution in [2.45, 2.75) is 63.6 Å². The maximum absolute atomic E-state index is 12.7. The van der Waals surface area contributed by atoms with E-state index in [1.54, 1.807) is 38.1 Å². The molecule has 0 unspecified atom stereocenters. The number of hydrogen-bond acceptors (Lipinski definition) is 11. The first-order valence-electron chi connectivity index (χ1n) is 13.5. The number of carbonyl (C=O) groups is 2. The van der Waals surface area contributed by atoms with E-state index >= 15 is 0 Å². The average molecular weight is 601 g/mol. The molecule has 3 aromatic rings. The summed E-state index contributed by atoms with van der Waals surface area (Å²) < 4.78 is 39.2. The molecule has 0 fully saturated rings. The van der Waals surface area contributed by atoms with Crippen LogP contribution < -0.4 is 4.74 Å². The summed E-state index contributed by atoms with van der Waals surface area (Å²) in [4.78, 5) is 23.8. The molecule has 3 aromatic carbocycles. The van der Waals surface area contributed by atoms with Crippen LogP contribution in [0.25, 0.3) is 0 Å². The number of ether oxygens (including phenoxy) is 2. The second kappa shape index (κ2) is 15.5. The maximum Gasteiger partial charge on any atom is 0.343 e. The molecule has 0 aliphatic carbocycles. The topological polar surface area (TPSA) is 178 Å². The van der Waals surface area contributed by atoms with Crippen LogP contribution in [0.2, 0.25) is 0 Å². The highest BCUT2D eigenvalue weighted by atomic mass is 32.3. The van der Waals surface area contributed by atoms with E-state index in [1.165, 1.54) is 24.3 Å². The van der Waals surface area contributed by atoms with Crippen LogP contribution in [0.3, 0.4) is 0 Å². The van der Waals surface area contributed by atoms with E-state index in [2.05, 4.69) is 10.2 Å². The molecular formula is C30H36N2O9S. The number of hydrogen-bond donors (Lipinski definition) is 5. The molecule has 0 saturated heterocycles. The molecular weight excluding hydrogens is 564 g/mol. The molecule has 0 aliphatic heterocycles. The fourth-order valence-electron chi connectivity index (χ4n) is 3.99. The molecule has 11 nitrogen and oxygen atoms in total. The summed E-state index contributed by atoms with van der Waals surface area (Å²) in [7, 11) is -3.94. The van der Waals surface area contributed by atoms with E-state index in [0.29, 0.717) is 24.2 Å². The number of unbranched alkanes of at least 4 members (excludes halogenated alkanes) is 3. The van der Waals surface area contributed by atoms with Gasteiger partial charge in [-0.2, -0.15) is 10.2 Å². The molecule has 5 N–H and O–H groups in total. The number of azo groups is 1. The van der Waals surface area contributed by atoms with Gasteiger partial charge in [0.25, 0.3) is 0 Å². The first kappa shape index (κ1) is 32.9. The Kier molecular flexibility index (Phi) is 12.2. The van der Waals surface area contributed by atoms with Crippen molar-refractivity contribution in [3.05, 3.63) is 82.9 Å². The molecule has 0 aromatic heterocycles. The van der Waals surface area contributed by atoms with Gasteiger partial charge in [-0.05, 0) is 79.8 Å². The molecule has 3 rings (SSSR count). The van der Waals surface area contributed by atoms with E-state index in [1.807, 2.05) is 12.1 Å². The Bertz CT molecular complexity index is 1390. The van der Waals surface area contributed by atoms with Crippen molar-refractivity contribution in [3.8, 4) is 5.75 Å². The molecule has 0 bridgehead atoms. The molecule has 0 spiro atoms. The van der Waals surface area contributed by atoms with Crippen molar-refractivity contribution in [3.63, 3.8) is 0 Å². The van der Waals surface area contributed by atoms with Gasteiger partial charge < -0.3 is 33.3 Å². The van der Waals surface area contributed by atoms with Gasteiger partial charge in [-0.1, -0.05) is 38.0 Å². The van der Waals surface area contributed by atoms with Gasteiger partial charge in [0.1, 0.15) is 16.6 Å². The van der Waals surface area contributed by atoms with Gasteiger partial charge in [-0.3, -0.25) is 4.79 Å². The minimum absolute atomic E-state index is 0.0607. The summed E-state index contributed by atoms with van der Waals surface area (Å²) in [6.07, 6.45) is 3.02. The quantitative estimate of drug-likeness (QED) is 0.0419. The van der Waals surface area contributed by atoms with Crippen LogP contribution >= 0.6 is 10.9 Å². The van der Waals surface area contributed by atoms with Crippen LogP contribution in [0.5, 0.6) is 5.75 Å². The predicted molar refractivity (Wildman–Crippen MR) is 158 cm³/mol. The molecule has 0 atom stereocenters. The van der Waals surface area contributed by atoms with E-state index < -0.39 is 23.1 Å². The maximum atomic E-state index is 12.7. The summed E-state index contributed by atoms with van der Waals surface area (Å²) in [5, 5.41) is 27.8. The van der Waals surface area contributed by atoms with Gasteiger partial charge in [0.15, 0.2) is 6.29 Å². The highest BCUT2D eigenvalue weighted by molar-refractivity contribution is 8.19. The number of aryl methyl sites for hydroxylation is 2. The minimum atomic E-state index is -3.94. The van der Waals surface area contributed by atoms with Gasteiger partial charge in [0.05, 0.1) is 34.0 Å². The smallest absolute Gasteiger partial charge is 0.343 e. The number of aliphatic hydroxyl groups is 2. The lowest BCUT2D eigenvalue weighted by molar-refractivity contribution is -0.143. The fourth-order valence-corrected chi connectivity index (χ4v) is 4.77. The summed E-state index contributed by atoms with van der Waals surface area (Å²) in [6, 6.07) is 15.5. The summed E-state index contributed by atoms with van der Waals surface area (Å²) in [5.41, 5.74) is 2.16. The van der Waals surface area contributed by atoms with Crippen molar-refractivity contribution in [1.82, 2.24) is 0 Å². The molecule has 0 aliphatic rings. The first-order valence-corrected chi connectivity index (χ1v) is 15.0. The summed E-state index contributed by atoms with van der Waals surface area (Å²) in [5.74, 6) is -0.913. The highest BCUT2D eigenvalue weighted by Crippen LogP contribution is 2.46. The van der Waals surface area contributed by atoms with Crippen LogP contribution in [0.1, 0.15) is 72.4 Å². The standard InChI is InChI=1S/C30H36N2O9S/c1-3-28(33)40-17-7-5-4-6-8-21-10-12-22(13-11-21)30(36)41-26-16-15-23(18-25(26)29(34)35)31-32-24-14-9-20(2)27(19-24)42(37,38)39/h9-16,18-19,29,34-35,37-39H,3-8,17H2,1-2H3. The Morgan fingerprint density at radius 1 is 0.857 bits per heavy atom. The molecule has 12 heteroatoms. The van der Waals surface area contributed by atoms with E-state index in [-0.39, 0.29) is 33.6 Å². The zero-order valence-corrected chi connectivity index (χ0v) is 24.3. The van der Waals surface area contributed by atoms with Gasteiger partial charge in [0.2, 0.25) is 0 Å². The van der Waals surface area contributed by atoms with E-state index in [4.69, 9.17) is 9.47 Å². The normalized spacial score (nSPS) is 12.1. The van der Waals surface area contributed by atoms with Crippen molar-refractivity contribution in [1.29, 1.82) is 0 Å². The van der Waals surface area contributed by atoms with Gasteiger partial charge in [-0.25, -0.2) is 4.79 Å². The number of rotatable bonds is 14. The van der Waals surface area contributed by atoms with Crippen LogP contribution in [-0.4, -0.2) is 42.4 Å². The van der Waals surface area contributed by atoms with E-state index in [9.17, 15) is 33.5 Å². The number of aliphatic hydroxyl groups excluding tert-OH is 1. The van der Waals surface area contributed by atoms with Gasteiger partial charge >= 0.3 is 11.9 Å². The molecule has 226 valence electrons. The Balaban J connectivity index is 1.58. The third-order valence-corrected chi connectivity index (χ3v) is 7.35. The van der Waals surface area contributed by atoms with Gasteiger partial charge in [-0.15, -0.1) is 0 Å². The number of benzene rings is 3. The van der Waals surface area contributed by atoms with Crippen LogP contribution in [0.4, 0.5) is 11.4 Å². The Morgan fingerprint density at radius 3 is 2.14 bits per heavy atom. The largest absolute Gasteiger partial charge is 0.466 e. The zero-order valence-electron chi connectivity index (χ0n) is 23.5. The number of nitrogens with zero attached hydrogens (tertiary/aromatic N) is 2. The predicted octanol–water partition coefficient (Wildman–Crippen LogP) is 7.25. The van der Waals surface area contributed by atoms with Crippen LogP contribution in [0.15, 0.2) is 75.8 Å². The second-order valence-electron chi connectivity index (χ2n) is 9.59. The van der Waals surface area contributed by atoms with Crippen molar-refractivity contribution in [2.75, 3.05) is 6.61 Å². The molecule has 0 saturated carbocycles. The van der Waals surface area contributed by atoms with Gasteiger partial charge in [0, 0.05) is 6.42 Å². The second-order valence-corrected chi connectivity index (χ2v) is 11.1. The molecule has 0 amide bonds.